The van der Waals surface area contributed by atoms with E-state index < -0.39 is 100 Å². The molecule has 0 aromatic heterocycles. The Labute approximate surface area is 528 Å². The number of amides is 8. The Hall–Kier alpha value is -8.13. The van der Waals surface area contributed by atoms with E-state index in [-0.39, 0.29) is 93.8 Å². The summed E-state index contributed by atoms with van der Waals surface area (Å²) in [6.07, 6.45) is -0.596. The monoisotopic (exact) mass is 1260 g/mol. The Morgan fingerprint density at radius 2 is 1.54 bits per heavy atom. The fourth-order valence-electron chi connectivity index (χ4n) is 12.7. The molecule has 91 heavy (non-hydrogen) atoms. The van der Waals surface area contributed by atoms with Crippen LogP contribution in [0, 0.1) is 23.4 Å². The lowest BCUT2D eigenvalue weighted by atomic mass is 9.83. The lowest BCUT2D eigenvalue weighted by Gasteiger charge is -2.47. The summed E-state index contributed by atoms with van der Waals surface area (Å²) in [6, 6.07) is 15.0. The number of benzene rings is 4. The van der Waals surface area contributed by atoms with Crippen molar-refractivity contribution >= 4 is 64.7 Å². The number of para-hydroxylation sites is 1. The second kappa shape index (κ2) is 28.6. The van der Waals surface area contributed by atoms with Crippen LogP contribution < -0.4 is 26.2 Å². The van der Waals surface area contributed by atoms with Crippen LogP contribution in [0.2, 0.25) is 0 Å². The molecule has 0 bridgehead atoms. The first kappa shape index (κ1) is 67.3. The molecule has 0 aliphatic carbocycles. The Bertz CT molecular complexity index is 3360. The van der Waals surface area contributed by atoms with Gasteiger partial charge >= 0.3 is 12.2 Å². The van der Waals surface area contributed by atoms with Crippen molar-refractivity contribution in [3.63, 3.8) is 0 Å². The fourth-order valence-corrected chi connectivity index (χ4v) is 12.7. The van der Waals surface area contributed by atoms with Crippen molar-refractivity contribution in [1.29, 1.82) is 0 Å². The molecule has 490 valence electrons. The Morgan fingerprint density at radius 1 is 0.835 bits per heavy atom. The number of carbonyl (C=O) groups excluding carboxylic acids is 7. The molecule has 0 saturated carbocycles. The number of morpholine rings is 1. The first-order valence-electron chi connectivity index (χ1n) is 31.0. The number of likely N-dealkylation sites (N-methyl/N-ethyl adjacent to an activating group) is 1. The molecule has 4 aromatic carbocycles. The van der Waals surface area contributed by atoms with E-state index in [1.54, 1.807) is 56.9 Å². The molecule has 4 aromatic rings. The van der Waals surface area contributed by atoms with Crippen LogP contribution in [0.3, 0.4) is 0 Å². The van der Waals surface area contributed by atoms with Crippen molar-refractivity contribution in [2.24, 2.45) is 5.92 Å². The summed E-state index contributed by atoms with van der Waals surface area (Å²) in [6.45, 7) is 15.3. The zero-order valence-electron chi connectivity index (χ0n) is 52.8. The summed E-state index contributed by atoms with van der Waals surface area (Å²) >= 11 is 0. The SMILES string of the molecule is CC(C(=O)NC(C(=O)N1Cc2ccc(NC(=O)CCCNC(=O)[C@]3(C)CN(C(=O)CN4C[C@@H](C)N(C(=O)O)C[C@@H]4CN4CCOC[C@H]4C)c4cc(Cc5ccc(F)cc5)ccc43)cc2[C@H]1C(=O)Nc1c(F)cccc1F)C1CCOCC1)N(C)C(=O)OC(C)(C)C. The van der Waals surface area contributed by atoms with Gasteiger partial charge < -0.3 is 55.3 Å². The minimum atomic E-state index is -1.52. The number of ether oxygens (including phenoxy) is 3. The highest BCUT2D eigenvalue weighted by molar-refractivity contribution is 6.04. The van der Waals surface area contributed by atoms with Gasteiger partial charge in [-0.1, -0.05) is 36.4 Å². The second-order valence-electron chi connectivity index (χ2n) is 25.7. The second-order valence-corrected chi connectivity index (χ2v) is 25.7. The minimum Gasteiger partial charge on any atom is -0.465 e. The Kier molecular flexibility index (Phi) is 21.1. The average molecular weight is 1270 g/mol. The van der Waals surface area contributed by atoms with E-state index in [0.29, 0.717) is 68.9 Å². The van der Waals surface area contributed by atoms with Crippen LogP contribution in [0.5, 0.6) is 0 Å². The van der Waals surface area contributed by atoms with Gasteiger partial charge in [-0.05, 0) is 150 Å². The molecule has 5 N–H and O–H groups in total. The molecule has 5 aliphatic heterocycles. The number of hydrogen-bond acceptors (Lipinski definition) is 13. The molecule has 3 saturated heterocycles. The van der Waals surface area contributed by atoms with Gasteiger partial charge in [0.1, 0.15) is 46.9 Å². The number of fused-ring (bicyclic) bond motifs is 2. The van der Waals surface area contributed by atoms with E-state index in [9.17, 15) is 43.1 Å². The van der Waals surface area contributed by atoms with Gasteiger partial charge in [0.25, 0.3) is 5.91 Å². The first-order valence-corrected chi connectivity index (χ1v) is 31.0. The maximum Gasteiger partial charge on any atom is 0.410 e. The number of hydrogen-bond donors (Lipinski definition) is 5. The van der Waals surface area contributed by atoms with Gasteiger partial charge in [0.2, 0.25) is 29.5 Å². The maximum absolute atomic E-state index is 15.2. The summed E-state index contributed by atoms with van der Waals surface area (Å²) < 4.78 is 61.0. The van der Waals surface area contributed by atoms with E-state index in [1.807, 2.05) is 30.0 Å². The third kappa shape index (κ3) is 15.8. The van der Waals surface area contributed by atoms with E-state index in [4.69, 9.17) is 14.2 Å². The number of carboxylic acid groups (broad SMARTS) is 1. The summed E-state index contributed by atoms with van der Waals surface area (Å²) in [5.74, 6) is -6.46. The van der Waals surface area contributed by atoms with E-state index in [1.165, 1.54) is 42.0 Å². The average Bonchev–Trinajstić information content (AvgIpc) is 1.61. The van der Waals surface area contributed by atoms with Gasteiger partial charge in [-0.25, -0.2) is 22.8 Å². The van der Waals surface area contributed by atoms with Crippen LogP contribution in [0.25, 0.3) is 0 Å². The van der Waals surface area contributed by atoms with Crippen molar-refractivity contribution in [2.45, 2.75) is 134 Å². The molecule has 22 nitrogen and oxygen atoms in total. The number of nitrogens with one attached hydrogen (secondary N) is 4. The molecule has 2 unspecified atom stereocenters. The molecule has 0 spiro atoms. The maximum atomic E-state index is 15.2. The van der Waals surface area contributed by atoms with Crippen LogP contribution in [0.4, 0.5) is 39.8 Å². The molecule has 7 atom stereocenters. The van der Waals surface area contributed by atoms with Crippen LogP contribution in [-0.2, 0) is 61.4 Å². The number of piperazine rings is 1. The smallest absolute Gasteiger partial charge is 0.410 e. The number of rotatable bonds is 19. The highest BCUT2D eigenvalue weighted by atomic mass is 19.1. The molecule has 0 radical (unpaired) electrons. The molecular weight excluding hydrogens is 1180 g/mol. The first-order chi connectivity index (χ1) is 43.2. The summed E-state index contributed by atoms with van der Waals surface area (Å²) in [5.41, 5.74) is 0.878. The standard InChI is InChI=1S/C66H83F3N10O12/c1-39-32-76(48(35-77(39)63(86)87)34-75-25-28-90-37-40(75)2)36-55(81)79-38-66(7,50-21-16-43(30-53(50)79)29-42-14-18-46(67)19-15-42)62(85)70-24-10-13-54(80)71-47-20-17-45-33-78(58(49(45)31-47)60(83)73-57-51(68)11-9-12-52(57)69)61(84)56(44-22-26-89-27-23-44)72-59(82)41(3)74(8)64(88)91-65(4,5)6/h9,11-12,14-21,30-31,39-41,44,48,56,58H,10,13,22-29,32-38H2,1-8H3,(H,70,85)(H,71,80)(H,72,82)(H,73,83)(H,86,87)/t39-,40-,41?,48+,56?,58+,66-/m1/s1. The predicted molar refractivity (Wildman–Crippen MR) is 331 cm³/mol. The summed E-state index contributed by atoms with van der Waals surface area (Å²) in [5, 5.41) is 21.2. The number of nitrogens with zero attached hydrogens (tertiary/aromatic N) is 6. The zero-order chi connectivity index (χ0) is 65.6. The van der Waals surface area contributed by atoms with Crippen molar-refractivity contribution in [3.05, 3.63) is 124 Å². The van der Waals surface area contributed by atoms with Gasteiger partial charge in [-0.2, -0.15) is 0 Å². The van der Waals surface area contributed by atoms with Crippen LogP contribution in [-0.4, -0.2) is 192 Å². The molecular formula is C66H83F3N10O12. The van der Waals surface area contributed by atoms with Crippen molar-refractivity contribution in [3.8, 4) is 0 Å². The predicted octanol–water partition coefficient (Wildman–Crippen LogP) is 6.80. The van der Waals surface area contributed by atoms with Crippen LogP contribution >= 0.6 is 0 Å². The van der Waals surface area contributed by atoms with E-state index >= 15 is 13.6 Å². The lowest BCUT2D eigenvalue weighted by molar-refractivity contribution is -0.144. The van der Waals surface area contributed by atoms with Crippen molar-refractivity contribution < 1.29 is 70.8 Å². The molecule has 5 aliphatic rings. The number of halogens is 3. The quantitative estimate of drug-likeness (QED) is 0.0606. The highest BCUT2D eigenvalue weighted by Gasteiger charge is 2.49. The van der Waals surface area contributed by atoms with Gasteiger partial charge in [-0.3, -0.25) is 43.5 Å². The van der Waals surface area contributed by atoms with Gasteiger partial charge in [-0.15, -0.1) is 0 Å². The molecule has 9 rings (SSSR count). The van der Waals surface area contributed by atoms with Crippen molar-refractivity contribution in [2.75, 3.05) is 94.8 Å². The van der Waals surface area contributed by atoms with Gasteiger partial charge in [0, 0.05) is 102 Å². The number of carbonyl (C=O) groups is 8. The Balaban J connectivity index is 0.892. The Morgan fingerprint density at radius 3 is 2.22 bits per heavy atom. The normalized spacial score (nSPS) is 21.9. The van der Waals surface area contributed by atoms with Gasteiger partial charge in [0.15, 0.2) is 0 Å². The van der Waals surface area contributed by atoms with E-state index in [0.717, 1.165) is 34.2 Å². The summed E-state index contributed by atoms with van der Waals surface area (Å²) in [4.78, 5) is 122. The molecule has 8 amide bonds. The zero-order valence-corrected chi connectivity index (χ0v) is 52.8. The fraction of sp³-hybridized carbons (Fsp3) is 0.515. The highest BCUT2D eigenvalue weighted by Crippen LogP contribution is 2.43. The molecule has 5 heterocycles. The number of anilines is 3. The third-order valence-electron chi connectivity index (χ3n) is 18.0. The lowest BCUT2D eigenvalue weighted by Crippen LogP contribution is -2.64. The van der Waals surface area contributed by atoms with Crippen LogP contribution in [0.15, 0.2) is 78.9 Å². The van der Waals surface area contributed by atoms with Gasteiger partial charge in [0.05, 0.1) is 25.2 Å². The molecule has 25 heteroatoms. The largest absolute Gasteiger partial charge is 0.465 e. The van der Waals surface area contributed by atoms with E-state index in [2.05, 4.69) is 33.1 Å². The topological polar surface area (TPSA) is 252 Å². The summed E-state index contributed by atoms with van der Waals surface area (Å²) in [7, 11) is 1.39. The van der Waals surface area contributed by atoms with Crippen molar-refractivity contribution in [1.82, 2.24) is 35.1 Å². The minimum absolute atomic E-state index is 0.0175. The third-order valence-corrected chi connectivity index (χ3v) is 18.0. The molecule has 3 fully saturated rings. The van der Waals surface area contributed by atoms with Crippen LogP contribution in [0.1, 0.15) is 108 Å².